The number of pyridine rings is 1. The number of amides is 1. The molecule has 1 fully saturated rings. The molecular formula is C16H18N2O4. The summed E-state index contributed by atoms with van der Waals surface area (Å²) >= 11 is 0. The molecule has 0 aliphatic carbocycles. The second-order valence-corrected chi connectivity index (χ2v) is 5.63. The van der Waals surface area contributed by atoms with Gasteiger partial charge in [-0.2, -0.15) is 0 Å². The zero-order valence-electron chi connectivity index (χ0n) is 12.0. The number of aliphatic hydroxyl groups excluding tert-OH is 2. The third-order valence-electron chi connectivity index (χ3n) is 4.28. The molecule has 2 atom stereocenters. The number of carbonyl (C=O) groups excluding carboxylic acids is 1. The summed E-state index contributed by atoms with van der Waals surface area (Å²) in [7, 11) is 0. The molecule has 0 spiro atoms. The van der Waals surface area contributed by atoms with Crippen LogP contribution in [0.2, 0.25) is 0 Å². The van der Waals surface area contributed by atoms with E-state index in [1.54, 1.807) is 29.2 Å². The zero-order chi connectivity index (χ0) is 15.7. The van der Waals surface area contributed by atoms with Crippen molar-refractivity contribution in [2.75, 3.05) is 19.7 Å². The Morgan fingerprint density at radius 2 is 2.05 bits per heavy atom. The molecule has 0 bridgehead atoms. The molecule has 1 aromatic carbocycles. The van der Waals surface area contributed by atoms with Crippen LogP contribution in [-0.2, 0) is 0 Å². The van der Waals surface area contributed by atoms with Gasteiger partial charge in [0.25, 0.3) is 11.5 Å². The number of H-pyrrole nitrogens is 1. The van der Waals surface area contributed by atoms with Crippen LogP contribution in [0.3, 0.4) is 0 Å². The summed E-state index contributed by atoms with van der Waals surface area (Å²) in [6.07, 6.45) is 1.26. The molecule has 1 aliphatic rings. The van der Waals surface area contributed by atoms with Crippen LogP contribution in [0.15, 0.2) is 35.3 Å². The smallest absolute Gasteiger partial charge is 0.256 e. The highest BCUT2D eigenvalue weighted by molar-refractivity contribution is 6.06. The number of piperidine rings is 1. The van der Waals surface area contributed by atoms with Crippen molar-refractivity contribution in [1.29, 1.82) is 0 Å². The van der Waals surface area contributed by atoms with Gasteiger partial charge >= 0.3 is 0 Å². The van der Waals surface area contributed by atoms with Crippen LogP contribution in [0, 0.1) is 5.92 Å². The number of nitrogens with one attached hydrogen (secondary N) is 1. The van der Waals surface area contributed by atoms with Crippen molar-refractivity contribution >= 4 is 16.7 Å². The Kier molecular flexibility index (Phi) is 3.96. The number of hydrogen-bond acceptors (Lipinski definition) is 4. The van der Waals surface area contributed by atoms with E-state index in [0.29, 0.717) is 29.3 Å². The molecule has 22 heavy (non-hydrogen) atoms. The van der Waals surface area contributed by atoms with E-state index in [-0.39, 0.29) is 30.5 Å². The minimum atomic E-state index is -0.725. The molecule has 2 heterocycles. The predicted octanol–water partition coefficient (Wildman–Crippen LogP) is 0.343. The first-order chi connectivity index (χ1) is 10.6. The van der Waals surface area contributed by atoms with Gasteiger partial charge in [-0.25, -0.2) is 0 Å². The Bertz CT molecular complexity index is 755. The standard InChI is InChI=1S/C16H18N2O4/c19-9-10-5-6-18(8-14(10)20)16(22)13-7-17-15(21)12-4-2-1-3-11(12)13/h1-4,7,10,14,19-20H,5-6,8-9H2,(H,17,21)/t10-,14-/m1/s1. The summed E-state index contributed by atoms with van der Waals surface area (Å²) in [6, 6.07) is 6.96. The first kappa shape index (κ1) is 14.7. The molecule has 116 valence electrons. The number of aliphatic hydroxyl groups is 2. The van der Waals surface area contributed by atoms with Crippen molar-refractivity contribution < 1.29 is 15.0 Å². The van der Waals surface area contributed by atoms with E-state index in [9.17, 15) is 19.8 Å². The second-order valence-electron chi connectivity index (χ2n) is 5.63. The first-order valence-electron chi connectivity index (χ1n) is 7.30. The molecule has 1 saturated heterocycles. The fourth-order valence-corrected chi connectivity index (χ4v) is 2.93. The topological polar surface area (TPSA) is 93.6 Å². The summed E-state index contributed by atoms with van der Waals surface area (Å²) in [4.78, 5) is 28.7. The van der Waals surface area contributed by atoms with Gasteiger partial charge in [-0.05, 0) is 12.5 Å². The summed E-state index contributed by atoms with van der Waals surface area (Å²) in [5.41, 5.74) is 0.191. The molecule has 1 amide bonds. The van der Waals surface area contributed by atoms with Gasteiger partial charge in [-0.15, -0.1) is 0 Å². The highest BCUT2D eigenvalue weighted by atomic mass is 16.3. The Balaban J connectivity index is 1.94. The maximum atomic E-state index is 12.7. The molecule has 0 saturated carbocycles. The molecule has 0 unspecified atom stereocenters. The number of carbonyl (C=O) groups is 1. The Hall–Kier alpha value is -2.18. The van der Waals surface area contributed by atoms with Crippen molar-refractivity contribution in [3.63, 3.8) is 0 Å². The highest BCUT2D eigenvalue weighted by Crippen LogP contribution is 2.21. The SMILES string of the molecule is O=C(c1c[nH]c(=O)c2ccccc12)N1CC[C@H](CO)[C@H](O)C1. The lowest BCUT2D eigenvalue weighted by atomic mass is 9.94. The zero-order valence-corrected chi connectivity index (χ0v) is 12.0. The lowest BCUT2D eigenvalue weighted by Crippen LogP contribution is -2.47. The number of aromatic nitrogens is 1. The molecule has 0 radical (unpaired) electrons. The summed E-state index contributed by atoms with van der Waals surface area (Å²) < 4.78 is 0. The minimum absolute atomic E-state index is 0.0786. The number of aromatic amines is 1. The van der Waals surface area contributed by atoms with Crippen LogP contribution >= 0.6 is 0 Å². The van der Waals surface area contributed by atoms with E-state index in [1.165, 1.54) is 6.20 Å². The van der Waals surface area contributed by atoms with Gasteiger partial charge in [-0.1, -0.05) is 18.2 Å². The molecule has 3 N–H and O–H groups in total. The number of fused-ring (bicyclic) bond motifs is 1. The van der Waals surface area contributed by atoms with Gasteiger partial charge in [0, 0.05) is 42.6 Å². The van der Waals surface area contributed by atoms with Gasteiger partial charge in [-0.3, -0.25) is 9.59 Å². The van der Waals surface area contributed by atoms with E-state index in [1.807, 2.05) is 0 Å². The van der Waals surface area contributed by atoms with E-state index in [2.05, 4.69) is 4.98 Å². The van der Waals surface area contributed by atoms with E-state index < -0.39 is 6.10 Å². The van der Waals surface area contributed by atoms with Crippen LogP contribution in [-0.4, -0.2) is 51.8 Å². The Morgan fingerprint density at radius 1 is 1.32 bits per heavy atom. The molecule has 2 aromatic rings. The van der Waals surface area contributed by atoms with Crippen LogP contribution in [0.5, 0.6) is 0 Å². The Morgan fingerprint density at radius 3 is 2.73 bits per heavy atom. The molecule has 6 heteroatoms. The van der Waals surface area contributed by atoms with Gasteiger partial charge < -0.3 is 20.1 Å². The third-order valence-corrected chi connectivity index (χ3v) is 4.28. The summed E-state index contributed by atoms with van der Waals surface area (Å²) in [5, 5.41) is 20.2. The lowest BCUT2D eigenvalue weighted by Gasteiger charge is -2.35. The van der Waals surface area contributed by atoms with Crippen LogP contribution in [0.1, 0.15) is 16.8 Å². The van der Waals surface area contributed by atoms with Gasteiger partial charge in [0.05, 0.1) is 11.7 Å². The number of hydrogen-bond donors (Lipinski definition) is 3. The second kappa shape index (κ2) is 5.90. The monoisotopic (exact) mass is 302 g/mol. The number of nitrogens with zero attached hydrogens (tertiary/aromatic N) is 1. The normalized spacial score (nSPS) is 22.0. The van der Waals surface area contributed by atoms with E-state index in [0.717, 1.165) is 0 Å². The first-order valence-corrected chi connectivity index (χ1v) is 7.30. The molecule has 1 aromatic heterocycles. The number of benzene rings is 1. The number of likely N-dealkylation sites (tertiary alicyclic amines) is 1. The van der Waals surface area contributed by atoms with Crippen LogP contribution in [0.4, 0.5) is 0 Å². The molecule has 6 nitrogen and oxygen atoms in total. The van der Waals surface area contributed by atoms with Crippen molar-refractivity contribution in [3.05, 3.63) is 46.4 Å². The van der Waals surface area contributed by atoms with Crippen LogP contribution < -0.4 is 5.56 Å². The number of rotatable bonds is 2. The van der Waals surface area contributed by atoms with Gasteiger partial charge in [0.15, 0.2) is 0 Å². The fraction of sp³-hybridized carbons (Fsp3) is 0.375. The third kappa shape index (κ3) is 2.51. The highest BCUT2D eigenvalue weighted by Gasteiger charge is 2.30. The van der Waals surface area contributed by atoms with Crippen LogP contribution in [0.25, 0.3) is 10.8 Å². The van der Waals surface area contributed by atoms with Gasteiger partial charge in [0.2, 0.25) is 0 Å². The average molecular weight is 302 g/mol. The molecule has 1 aliphatic heterocycles. The van der Waals surface area contributed by atoms with Crippen molar-refractivity contribution in [2.24, 2.45) is 5.92 Å². The van der Waals surface area contributed by atoms with Crippen molar-refractivity contribution in [2.45, 2.75) is 12.5 Å². The molecular weight excluding hydrogens is 284 g/mol. The Labute approximate surface area is 127 Å². The number of β-amino-alcohol motifs (C(OH)–C–C–N with tert-alkyl or cyclic N) is 1. The van der Waals surface area contributed by atoms with Gasteiger partial charge in [0.1, 0.15) is 0 Å². The predicted molar refractivity (Wildman–Crippen MR) is 81.7 cm³/mol. The lowest BCUT2D eigenvalue weighted by molar-refractivity contribution is 0.000935. The molecule has 3 rings (SSSR count). The fourth-order valence-electron chi connectivity index (χ4n) is 2.93. The van der Waals surface area contributed by atoms with E-state index >= 15 is 0 Å². The quantitative estimate of drug-likeness (QED) is 0.746. The summed E-state index contributed by atoms with van der Waals surface area (Å²) in [5.74, 6) is -0.403. The summed E-state index contributed by atoms with van der Waals surface area (Å²) in [6.45, 7) is 0.594. The van der Waals surface area contributed by atoms with E-state index in [4.69, 9.17) is 0 Å². The van der Waals surface area contributed by atoms with Crippen molar-refractivity contribution in [3.8, 4) is 0 Å². The maximum Gasteiger partial charge on any atom is 0.256 e. The van der Waals surface area contributed by atoms with Crippen molar-refractivity contribution in [1.82, 2.24) is 9.88 Å². The average Bonchev–Trinajstić information content (AvgIpc) is 2.55. The minimum Gasteiger partial charge on any atom is -0.396 e. The maximum absolute atomic E-state index is 12.7. The largest absolute Gasteiger partial charge is 0.396 e.